The number of nitrogens with zero attached hydrogens (tertiary/aromatic N) is 3. The zero-order valence-corrected chi connectivity index (χ0v) is 16.7. The molecule has 9 nitrogen and oxygen atoms in total. The van der Waals surface area contributed by atoms with Crippen LogP contribution < -0.4 is 4.72 Å². The lowest BCUT2D eigenvalue weighted by molar-refractivity contribution is -0.384. The van der Waals surface area contributed by atoms with Gasteiger partial charge in [-0.15, -0.1) is 0 Å². The average molecular weight is 416 g/mol. The summed E-state index contributed by atoms with van der Waals surface area (Å²) >= 11 is 0. The SMILES string of the molecule is CCC(=O)N1N=C(c2ccc(NS(C)(=O)=O)cc2)C[C@@H]1c1cccc([N+](=O)[O-])c1. The summed E-state index contributed by atoms with van der Waals surface area (Å²) in [7, 11) is -3.38. The lowest BCUT2D eigenvalue weighted by atomic mass is 9.98. The molecule has 1 N–H and O–H groups in total. The van der Waals surface area contributed by atoms with Crippen molar-refractivity contribution in [3.63, 3.8) is 0 Å². The number of non-ortho nitro benzene ring substituents is 1. The number of nitro groups is 1. The van der Waals surface area contributed by atoms with E-state index in [0.29, 0.717) is 23.4 Å². The van der Waals surface area contributed by atoms with Crippen molar-refractivity contribution in [2.24, 2.45) is 5.10 Å². The Labute approximate surface area is 168 Å². The number of benzene rings is 2. The second kappa shape index (κ2) is 8.00. The van der Waals surface area contributed by atoms with Crippen LogP contribution >= 0.6 is 0 Å². The normalized spacial score (nSPS) is 16.4. The molecule has 152 valence electrons. The largest absolute Gasteiger partial charge is 0.284 e. The second-order valence-electron chi connectivity index (χ2n) is 6.66. The number of amides is 1. The van der Waals surface area contributed by atoms with Gasteiger partial charge < -0.3 is 0 Å². The molecule has 0 bridgehead atoms. The van der Waals surface area contributed by atoms with Crippen LogP contribution in [0.5, 0.6) is 0 Å². The molecular weight excluding hydrogens is 396 g/mol. The Hall–Kier alpha value is -3.27. The van der Waals surface area contributed by atoms with Crippen LogP contribution in [-0.4, -0.2) is 36.2 Å². The topological polar surface area (TPSA) is 122 Å². The van der Waals surface area contributed by atoms with Gasteiger partial charge in [-0.2, -0.15) is 5.10 Å². The number of nitrogens with one attached hydrogen (secondary N) is 1. The molecule has 0 saturated heterocycles. The summed E-state index contributed by atoms with van der Waals surface area (Å²) in [5, 5.41) is 16.9. The molecule has 2 aromatic carbocycles. The zero-order valence-electron chi connectivity index (χ0n) is 15.9. The molecule has 29 heavy (non-hydrogen) atoms. The number of hydrogen-bond acceptors (Lipinski definition) is 6. The molecule has 3 rings (SSSR count). The number of hydrazone groups is 1. The van der Waals surface area contributed by atoms with Crippen molar-refractivity contribution in [2.45, 2.75) is 25.8 Å². The number of carbonyl (C=O) groups excluding carboxylic acids is 1. The van der Waals surface area contributed by atoms with Gasteiger partial charge in [-0.3, -0.25) is 19.6 Å². The van der Waals surface area contributed by atoms with Crippen molar-refractivity contribution < 1.29 is 18.1 Å². The Morgan fingerprint density at radius 1 is 1.28 bits per heavy atom. The number of hydrogen-bond donors (Lipinski definition) is 1. The van der Waals surface area contributed by atoms with Crippen molar-refractivity contribution in [2.75, 3.05) is 11.0 Å². The van der Waals surface area contributed by atoms with E-state index >= 15 is 0 Å². The summed E-state index contributed by atoms with van der Waals surface area (Å²) < 4.78 is 25.1. The molecule has 1 amide bonds. The summed E-state index contributed by atoms with van der Waals surface area (Å²) in [6, 6.07) is 12.4. The quantitative estimate of drug-likeness (QED) is 0.573. The molecule has 0 aliphatic carbocycles. The Bertz CT molecular complexity index is 1080. The molecular formula is C19H20N4O5S. The first-order valence-corrected chi connectivity index (χ1v) is 10.8. The predicted octanol–water partition coefficient (Wildman–Crippen LogP) is 3.05. The number of rotatable bonds is 6. The highest BCUT2D eigenvalue weighted by atomic mass is 32.2. The minimum Gasteiger partial charge on any atom is -0.284 e. The number of sulfonamides is 1. The van der Waals surface area contributed by atoms with Crippen molar-refractivity contribution >= 4 is 33.0 Å². The molecule has 0 unspecified atom stereocenters. The molecule has 0 saturated carbocycles. The minimum absolute atomic E-state index is 0.0453. The molecule has 1 heterocycles. The third-order valence-corrected chi connectivity index (χ3v) is 5.06. The van der Waals surface area contributed by atoms with Gasteiger partial charge in [0.25, 0.3) is 5.69 Å². The summed E-state index contributed by atoms with van der Waals surface area (Å²) in [6.45, 7) is 1.73. The van der Waals surface area contributed by atoms with Gasteiger partial charge in [-0.05, 0) is 23.3 Å². The average Bonchev–Trinajstić information content (AvgIpc) is 3.12. The van der Waals surface area contributed by atoms with Crippen LogP contribution in [-0.2, 0) is 14.8 Å². The van der Waals surface area contributed by atoms with E-state index in [9.17, 15) is 23.3 Å². The third kappa shape index (κ3) is 4.77. The highest BCUT2D eigenvalue weighted by molar-refractivity contribution is 7.92. The van der Waals surface area contributed by atoms with Crippen molar-refractivity contribution in [1.29, 1.82) is 0 Å². The maximum absolute atomic E-state index is 12.4. The van der Waals surface area contributed by atoms with E-state index in [1.54, 1.807) is 43.3 Å². The van der Waals surface area contributed by atoms with Gasteiger partial charge in [-0.25, -0.2) is 13.4 Å². The van der Waals surface area contributed by atoms with Crippen molar-refractivity contribution in [3.05, 3.63) is 69.8 Å². The van der Waals surface area contributed by atoms with Crippen LogP contribution in [0.4, 0.5) is 11.4 Å². The van der Waals surface area contributed by atoms with Gasteiger partial charge in [-0.1, -0.05) is 31.2 Å². The summed E-state index contributed by atoms with van der Waals surface area (Å²) in [6.07, 6.45) is 1.71. The third-order valence-electron chi connectivity index (χ3n) is 4.46. The first-order valence-electron chi connectivity index (χ1n) is 8.90. The molecule has 1 atom stereocenters. The molecule has 1 aliphatic heterocycles. The fourth-order valence-corrected chi connectivity index (χ4v) is 3.69. The second-order valence-corrected chi connectivity index (χ2v) is 8.41. The van der Waals surface area contributed by atoms with Crippen molar-refractivity contribution in [1.82, 2.24) is 5.01 Å². The molecule has 0 spiro atoms. The first kappa shape index (κ1) is 20.5. The Morgan fingerprint density at radius 3 is 2.55 bits per heavy atom. The molecule has 10 heteroatoms. The number of carbonyl (C=O) groups is 1. The fourth-order valence-electron chi connectivity index (χ4n) is 3.13. The van der Waals surface area contributed by atoms with Crippen LogP contribution in [0.3, 0.4) is 0 Å². The van der Waals surface area contributed by atoms with Crippen LogP contribution in [0.25, 0.3) is 0 Å². The molecule has 0 radical (unpaired) electrons. The van der Waals surface area contributed by atoms with Gasteiger partial charge >= 0.3 is 0 Å². The molecule has 0 aromatic heterocycles. The van der Waals surface area contributed by atoms with E-state index in [4.69, 9.17) is 0 Å². The van der Waals surface area contributed by atoms with E-state index in [1.807, 2.05) is 0 Å². The van der Waals surface area contributed by atoms with E-state index < -0.39 is 21.0 Å². The smallest absolute Gasteiger partial charge is 0.269 e. The van der Waals surface area contributed by atoms with Crippen LogP contribution in [0, 0.1) is 10.1 Å². The van der Waals surface area contributed by atoms with Gasteiger partial charge in [0.1, 0.15) is 0 Å². The lowest BCUT2D eigenvalue weighted by Crippen LogP contribution is -2.26. The van der Waals surface area contributed by atoms with Gasteiger partial charge in [0.05, 0.1) is 22.9 Å². The first-order chi connectivity index (χ1) is 13.7. The minimum atomic E-state index is -3.38. The van der Waals surface area contributed by atoms with Crippen LogP contribution in [0.1, 0.15) is 36.9 Å². The fraction of sp³-hybridized carbons (Fsp3) is 0.263. The lowest BCUT2D eigenvalue weighted by Gasteiger charge is -2.21. The monoisotopic (exact) mass is 416 g/mol. The van der Waals surface area contributed by atoms with Crippen molar-refractivity contribution in [3.8, 4) is 0 Å². The number of anilines is 1. The molecule has 1 aliphatic rings. The highest BCUT2D eigenvalue weighted by Gasteiger charge is 2.33. The maximum Gasteiger partial charge on any atom is 0.269 e. The van der Waals surface area contributed by atoms with E-state index in [2.05, 4.69) is 9.82 Å². The van der Waals surface area contributed by atoms with Crippen LogP contribution in [0.15, 0.2) is 53.6 Å². The van der Waals surface area contributed by atoms with Gasteiger partial charge in [0.15, 0.2) is 0 Å². The maximum atomic E-state index is 12.4. The standard InChI is InChI=1S/C19H20N4O5S/c1-3-19(24)22-18(14-5-4-6-16(11-14)23(25)26)12-17(20-22)13-7-9-15(10-8-13)21-29(2,27)28/h4-11,18,21H,3,12H2,1-2H3/t18-/m1/s1. The Kier molecular flexibility index (Phi) is 5.64. The Balaban J connectivity index is 1.90. The van der Waals surface area contributed by atoms with E-state index in [-0.39, 0.29) is 18.0 Å². The van der Waals surface area contributed by atoms with Gasteiger partial charge in [0, 0.05) is 30.7 Å². The zero-order chi connectivity index (χ0) is 21.2. The predicted molar refractivity (Wildman–Crippen MR) is 109 cm³/mol. The summed E-state index contributed by atoms with van der Waals surface area (Å²) in [5.41, 5.74) is 2.40. The van der Waals surface area contributed by atoms with Crippen LogP contribution in [0.2, 0.25) is 0 Å². The summed E-state index contributed by atoms with van der Waals surface area (Å²) in [5.74, 6) is -0.188. The van der Waals surface area contributed by atoms with Gasteiger partial charge in [0.2, 0.25) is 15.9 Å². The summed E-state index contributed by atoms with van der Waals surface area (Å²) in [4.78, 5) is 23.0. The number of nitro benzene ring substituents is 1. The Morgan fingerprint density at radius 2 is 1.97 bits per heavy atom. The highest BCUT2D eigenvalue weighted by Crippen LogP contribution is 2.34. The van der Waals surface area contributed by atoms with E-state index in [0.717, 1.165) is 11.8 Å². The van der Waals surface area contributed by atoms with E-state index in [1.165, 1.54) is 17.1 Å². The molecule has 0 fully saturated rings. The molecule has 2 aromatic rings.